The van der Waals surface area contributed by atoms with Crippen LogP contribution in [-0.4, -0.2) is 66.5 Å². The zero-order valence-corrected chi connectivity index (χ0v) is 14.9. The lowest BCUT2D eigenvalue weighted by molar-refractivity contribution is -0.140. The van der Waals surface area contributed by atoms with Crippen molar-refractivity contribution in [2.75, 3.05) is 50.7 Å². The Bertz CT molecular complexity index is 584. The Morgan fingerprint density at radius 2 is 1.80 bits per heavy atom. The lowest BCUT2D eigenvalue weighted by Crippen LogP contribution is -2.46. The third-order valence-corrected chi connectivity index (χ3v) is 5.65. The Kier molecular flexibility index (Phi) is 5.83. The minimum Gasteiger partial charge on any atom is -0.346 e. The minimum absolute atomic E-state index is 0.273. The van der Waals surface area contributed by atoms with E-state index in [0.29, 0.717) is 24.6 Å². The molecule has 0 unspecified atom stereocenters. The van der Waals surface area contributed by atoms with Crippen LogP contribution in [0.4, 0.5) is 18.3 Å². The van der Waals surface area contributed by atoms with Crippen LogP contribution in [0.2, 0.25) is 0 Å². The van der Waals surface area contributed by atoms with E-state index in [4.69, 9.17) is 0 Å². The molecule has 0 spiro atoms. The molecule has 25 heavy (non-hydrogen) atoms. The second-order valence-electron chi connectivity index (χ2n) is 6.53. The number of thiazole rings is 1. The average molecular weight is 376 g/mol. The van der Waals surface area contributed by atoms with Crippen molar-refractivity contribution < 1.29 is 18.0 Å². The molecule has 0 radical (unpaired) electrons. The normalized spacial score (nSPS) is 19.9. The van der Waals surface area contributed by atoms with Gasteiger partial charge in [-0.1, -0.05) is 0 Å². The summed E-state index contributed by atoms with van der Waals surface area (Å²) in [5.74, 6) is 0.273. The minimum atomic E-state index is -4.37. The molecule has 2 fully saturated rings. The second kappa shape index (κ2) is 7.90. The van der Waals surface area contributed by atoms with Crippen LogP contribution >= 0.6 is 11.3 Å². The first kappa shape index (κ1) is 18.4. The number of anilines is 1. The van der Waals surface area contributed by atoms with Gasteiger partial charge in [-0.05, 0) is 25.8 Å². The van der Waals surface area contributed by atoms with Crippen LogP contribution in [0.5, 0.6) is 0 Å². The number of amides is 1. The lowest BCUT2D eigenvalue weighted by Gasteiger charge is -2.34. The number of unbranched alkanes of at least 4 members (excludes halogenated alkanes) is 1. The summed E-state index contributed by atoms with van der Waals surface area (Å²) < 4.78 is 37.9. The zero-order valence-electron chi connectivity index (χ0n) is 14.1. The molecule has 140 valence electrons. The van der Waals surface area contributed by atoms with Gasteiger partial charge in [-0.15, -0.1) is 11.3 Å². The molecular weight excluding hydrogens is 353 g/mol. The van der Waals surface area contributed by atoms with Gasteiger partial charge in [-0.2, -0.15) is 13.2 Å². The predicted molar refractivity (Wildman–Crippen MR) is 90.8 cm³/mol. The highest BCUT2D eigenvalue weighted by Crippen LogP contribution is 2.33. The first-order valence-electron chi connectivity index (χ1n) is 8.71. The molecule has 3 heterocycles. The average Bonchev–Trinajstić information content (AvgIpc) is 3.21. The summed E-state index contributed by atoms with van der Waals surface area (Å²) >= 11 is 1.06. The number of alkyl halides is 3. The molecule has 5 nitrogen and oxygen atoms in total. The van der Waals surface area contributed by atoms with E-state index in [9.17, 15) is 18.0 Å². The van der Waals surface area contributed by atoms with Crippen LogP contribution in [0, 0.1) is 0 Å². The third kappa shape index (κ3) is 4.84. The van der Waals surface area contributed by atoms with Crippen LogP contribution in [0.25, 0.3) is 0 Å². The van der Waals surface area contributed by atoms with E-state index in [1.54, 1.807) is 0 Å². The fraction of sp³-hybridized carbons (Fsp3) is 0.750. The summed E-state index contributed by atoms with van der Waals surface area (Å²) in [5.41, 5.74) is -0.800. The van der Waals surface area contributed by atoms with Gasteiger partial charge in [0.2, 0.25) is 5.91 Å². The third-order valence-electron chi connectivity index (χ3n) is 4.75. The van der Waals surface area contributed by atoms with Crippen LogP contribution in [0.15, 0.2) is 5.38 Å². The number of nitrogens with zero attached hydrogens (tertiary/aromatic N) is 4. The molecule has 0 atom stereocenters. The van der Waals surface area contributed by atoms with Gasteiger partial charge in [0.15, 0.2) is 10.8 Å². The largest absolute Gasteiger partial charge is 0.434 e. The molecule has 1 aromatic heterocycles. The number of carbonyl (C=O) groups is 1. The highest BCUT2D eigenvalue weighted by molar-refractivity contribution is 7.13. The monoisotopic (exact) mass is 376 g/mol. The zero-order chi connectivity index (χ0) is 17.9. The molecule has 2 aliphatic heterocycles. The maximum atomic E-state index is 12.6. The smallest absolute Gasteiger partial charge is 0.346 e. The summed E-state index contributed by atoms with van der Waals surface area (Å²) in [6.45, 7) is 5.79. The van der Waals surface area contributed by atoms with E-state index < -0.39 is 11.9 Å². The lowest BCUT2D eigenvalue weighted by atomic mass is 10.2. The van der Waals surface area contributed by atoms with E-state index >= 15 is 0 Å². The Labute approximate surface area is 149 Å². The number of rotatable bonds is 6. The number of carbonyl (C=O) groups excluding carboxylic acids is 1. The predicted octanol–water partition coefficient (Wildman–Crippen LogP) is 2.69. The summed E-state index contributed by atoms with van der Waals surface area (Å²) in [6.07, 6.45) is -0.650. The number of halogens is 3. The standard InChI is InChI=1S/C16H23F3N4OS/c17-16(18,19)13-12-25-15(20-13)23-10-8-21(9-11-23)5-1-2-6-22-7-3-4-14(22)24/h12H,1-11H2. The first-order chi connectivity index (χ1) is 11.9. The topological polar surface area (TPSA) is 39.7 Å². The molecule has 0 saturated carbocycles. The van der Waals surface area contributed by atoms with Gasteiger partial charge in [0.25, 0.3) is 0 Å². The number of hydrogen-bond donors (Lipinski definition) is 0. The molecule has 2 saturated heterocycles. The van der Waals surface area contributed by atoms with E-state index in [2.05, 4.69) is 9.88 Å². The highest BCUT2D eigenvalue weighted by atomic mass is 32.1. The molecule has 9 heteroatoms. The van der Waals surface area contributed by atoms with Gasteiger partial charge in [0.05, 0.1) is 0 Å². The van der Waals surface area contributed by atoms with E-state index in [0.717, 1.165) is 68.7 Å². The molecule has 0 N–H and O–H groups in total. The molecule has 0 bridgehead atoms. The fourth-order valence-corrected chi connectivity index (χ4v) is 4.17. The second-order valence-corrected chi connectivity index (χ2v) is 7.37. The van der Waals surface area contributed by atoms with Crippen molar-refractivity contribution in [1.29, 1.82) is 0 Å². The van der Waals surface area contributed by atoms with Gasteiger partial charge in [-0.3, -0.25) is 9.69 Å². The maximum absolute atomic E-state index is 12.6. The highest BCUT2D eigenvalue weighted by Gasteiger charge is 2.34. The van der Waals surface area contributed by atoms with Gasteiger partial charge in [-0.25, -0.2) is 4.98 Å². The van der Waals surface area contributed by atoms with Gasteiger partial charge in [0.1, 0.15) is 0 Å². The molecule has 0 aromatic carbocycles. The summed E-state index contributed by atoms with van der Waals surface area (Å²) in [7, 11) is 0. The van der Waals surface area contributed by atoms with Crippen LogP contribution in [0.3, 0.4) is 0 Å². The van der Waals surface area contributed by atoms with Crippen molar-refractivity contribution in [2.45, 2.75) is 31.9 Å². The van der Waals surface area contributed by atoms with Crippen molar-refractivity contribution in [3.05, 3.63) is 11.1 Å². The molecule has 2 aliphatic rings. The van der Waals surface area contributed by atoms with Gasteiger partial charge < -0.3 is 9.80 Å². The Balaban J connectivity index is 1.36. The van der Waals surface area contributed by atoms with Crippen molar-refractivity contribution in [1.82, 2.24) is 14.8 Å². The molecular formula is C16H23F3N4OS. The Morgan fingerprint density at radius 3 is 2.40 bits per heavy atom. The number of piperazine rings is 1. The van der Waals surface area contributed by atoms with Crippen LogP contribution in [0.1, 0.15) is 31.4 Å². The molecule has 0 aliphatic carbocycles. The number of aromatic nitrogens is 1. The maximum Gasteiger partial charge on any atom is 0.434 e. The molecule has 3 rings (SSSR count). The van der Waals surface area contributed by atoms with Gasteiger partial charge >= 0.3 is 6.18 Å². The Hall–Kier alpha value is -1.35. The molecule has 1 aromatic rings. The van der Waals surface area contributed by atoms with E-state index in [1.807, 2.05) is 9.80 Å². The van der Waals surface area contributed by atoms with Crippen LogP contribution < -0.4 is 4.90 Å². The van der Waals surface area contributed by atoms with Gasteiger partial charge in [0, 0.05) is 51.1 Å². The summed E-state index contributed by atoms with van der Waals surface area (Å²) in [6, 6.07) is 0. The fourth-order valence-electron chi connectivity index (χ4n) is 3.28. The summed E-state index contributed by atoms with van der Waals surface area (Å²) in [5, 5.41) is 1.54. The SMILES string of the molecule is O=C1CCCN1CCCCN1CCN(c2nc(C(F)(F)F)cs2)CC1. The van der Waals surface area contributed by atoms with Crippen molar-refractivity contribution in [3.8, 4) is 0 Å². The van der Waals surface area contributed by atoms with Crippen molar-refractivity contribution in [3.63, 3.8) is 0 Å². The Morgan fingerprint density at radius 1 is 1.08 bits per heavy atom. The van der Waals surface area contributed by atoms with Crippen molar-refractivity contribution >= 4 is 22.4 Å². The number of hydrogen-bond acceptors (Lipinski definition) is 5. The first-order valence-corrected chi connectivity index (χ1v) is 9.59. The molecule has 1 amide bonds. The van der Waals surface area contributed by atoms with E-state index in [1.165, 1.54) is 0 Å². The van der Waals surface area contributed by atoms with Crippen LogP contribution in [-0.2, 0) is 11.0 Å². The summed E-state index contributed by atoms with van der Waals surface area (Å²) in [4.78, 5) is 21.5. The quantitative estimate of drug-likeness (QED) is 0.716. The number of likely N-dealkylation sites (tertiary alicyclic amines) is 1. The van der Waals surface area contributed by atoms with Crippen molar-refractivity contribution in [2.24, 2.45) is 0 Å². The van der Waals surface area contributed by atoms with E-state index in [-0.39, 0.29) is 5.91 Å².